The first-order valence-corrected chi connectivity index (χ1v) is 4.45. The Labute approximate surface area is 85.5 Å². The third-order valence-corrected chi connectivity index (χ3v) is 2.16. The van der Waals surface area contributed by atoms with Gasteiger partial charge in [0.05, 0.1) is 6.04 Å². The monoisotopic (exact) mass is 209 g/mol. The molecule has 15 heavy (non-hydrogen) atoms. The highest BCUT2D eigenvalue weighted by atomic mass is 19.1. The van der Waals surface area contributed by atoms with Crippen molar-refractivity contribution in [2.24, 2.45) is 0 Å². The van der Waals surface area contributed by atoms with Crippen LogP contribution in [0, 0.1) is 11.6 Å². The maximum Gasteiger partial charge on any atom is 0.130 e. The van der Waals surface area contributed by atoms with Gasteiger partial charge in [0.1, 0.15) is 17.4 Å². The van der Waals surface area contributed by atoms with E-state index in [9.17, 15) is 8.78 Å². The molecule has 0 fully saturated rings. The van der Waals surface area contributed by atoms with Gasteiger partial charge in [-0.15, -0.1) is 0 Å². The van der Waals surface area contributed by atoms with E-state index in [1.807, 2.05) is 0 Å². The Kier molecular flexibility index (Phi) is 2.41. The van der Waals surface area contributed by atoms with E-state index in [-0.39, 0.29) is 11.3 Å². The zero-order valence-electron chi connectivity index (χ0n) is 7.74. The van der Waals surface area contributed by atoms with Gasteiger partial charge in [0, 0.05) is 11.8 Å². The molecule has 0 saturated carbocycles. The van der Waals surface area contributed by atoms with Crippen molar-refractivity contribution in [3.8, 4) is 0 Å². The zero-order valence-corrected chi connectivity index (χ0v) is 7.74. The molecule has 1 unspecified atom stereocenters. The fraction of sp³-hybridized carbons (Fsp3) is 0.0909. The SMILES string of the molecule is OC1=CNC(c2cc(F)ccc2F)C=C1. The Hall–Kier alpha value is -1.84. The van der Waals surface area contributed by atoms with Crippen LogP contribution < -0.4 is 5.32 Å². The van der Waals surface area contributed by atoms with Crippen molar-refractivity contribution >= 4 is 0 Å². The van der Waals surface area contributed by atoms with Crippen molar-refractivity contribution in [1.82, 2.24) is 5.32 Å². The van der Waals surface area contributed by atoms with E-state index in [1.165, 1.54) is 12.3 Å². The number of rotatable bonds is 1. The lowest BCUT2D eigenvalue weighted by Crippen LogP contribution is -2.18. The molecule has 1 atom stereocenters. The summed E-state index contributed by atoms with van der Waals surface area (Å²) in [4.78, 5) is 0. The summed E-state index contributed by atoms with van der Waals surface area (Å²) in [6, 6.07) is 2.83. The first kappa shape index (κ1) is 9.71. The van der Waals surface area contributed by atoms with Gasteiger partial charge in [0.15, 0.2) is 0 Å². The van der Waals surface area contributed by atoms with Gasteiger partial charge in [-0.2, -0.15) is 0 Å². The van der Waals surface area contributed by atoms with Crippen LogP contribution in [-0.2, 0) is 0 Å². The lowest BCUT2D eigenvalue weighted by Gasteiger charge is -2.17. The molecule has 0 radical (unpaired) electrons. The van der Waals surface area contributed by atoms with E-state index in [0.29, 0.717) is 0 Å². The lowest BCUT2D eigenvalue weighted by atomic mass is 10.0. The second-order valence-electron chi connectivity index (χ2n) is 3.24. The predicted molar refractivity (Wildman–Crippen MR) is 52.1 cm³/mol. The summed E-state index contributed by atoms with van der Waals surface area (Å²) in [5.41, 5.74) is 0.218. The number of halogens is 2. The van der Waals surface area contributed by atoms with Crippen LogP contribution in [-0.4, -0.2) is 5.11 Å². The fourth-order valence-electron chi connectivity index (χ4n) is 1.42. The summed E-state index contributed by atoms with van der Waals surface area (Å²) < 4.78 is 26.2. The topological polar surface area (TPSA) is 32.3 Å². The molecule has 1 aromatic rings. The Balaban J connectivity index is 2.31. The van der Waals surface area contributed by atoms with Gasteiger partial charge in [-0.3, -0.25) is 0 Å². The standard InChI is InChI=1S/C11H9F2NO/c12-7-1-3-10(13)9(5-7)11-4-2-8(15)6-14-11/h1-6,11,14-15H. The number of nitrogens with one attached hydrogen (secondary N) is 1. The van der Waals surface area contributed by atoms with Crippen molar-refractivity contribution in [1.29, 1.82) is 0 Å². The van der Waals surface area contributed by atoms with Crippen LogP contribution in [0.15, 0.2) is 42.3 Å². The number of allylic oxidation sites excluding steroid dienone is 1. The molecule has 1 aromatic carbocycles. The van der Waals surface area contributed by atoms with Gasteiger partial charge in [0.25, 0.3) is 0 Å². The normalized spacial score (nSPS) is 19.6. The van der Waals surface area contributed by atoms with Crippen LogP contribution >= 0.6 is 0 Å². The molecule has 4 heteroatoms. The summed E-state index contributed by atoms with van der Waals surface area (Å²) in [5.74, 6) is -0.906. The fourth-order valence-corrected chi connectivity index (χ4v) is 1.42. The van der Waals surface area contributed by atoms with Gasteiger partial charge in [-0.05, 0) is 24.3 Å². The molecule has 2 rings (SSSR count). The predicted octanol–water partition coefficient (Wildman–Crippen LogP) is 2.56. The van der Waals surface area contributed by atoms with Crippen LogP contribution in [0.25, 0.3) is 0 Å². The first-order chi connectivity index (χ1) is 7.16. The van der Waals surface area contributed by atoms with Crippen LogP contribution in [0.1, 0.15) is 11.6 Å². The molecular weight excluding hydrogens is 200 g/mol. The minimum atomic E-state index is -0.486. The van der Waals surface area contributed by atoms with Crippen LogP contribution in [0.4, 0.5) is 8.78 Å². The highest BCUT2D eigenvalue weighted by Gasteiger charge is 2.14. The van der Waals surface area contributed by atoms with Gasteiger partial charge in [0.2, 0.25) is 0 Å². The molecule has 2 N–H and O–H groups in total. The average Bonchev–Trinajstić information content (AvgIpc) is 2.23. The second-order valence-corrected chi connectivity index (χ2v) is 3.24. The molecule has 0 aromatic heterocycles. The number of aliphatic hydroxyl groups excluding tert-OH is 1. The number of dihydropyridines is 1. The van der Waals surface area contributed by atoms with Crippen molar-refractivity contribution in [2.75, 3.05) is 0 Å². The van der Waals surface area contributed by atoms with E-state index >= 15 is 0 Å². The van der Waals surface area contributed by atoms with E-state index < -0.39 is 17.7 Å². The lowest BCUT2D eigenvalue weighted by molar-refractivity contribution is 0.419. The molecular formula is C11H9F2NO. The van der Waals surface area contributed by atoms with E-state index in [2.05, 4.69) is 5.32 Å². The summed E-state index contributed by atoms with van der Waals surface area (Å²) in [5, 5.41) is 11.8. The van der Waals surface area contributed by atoms with Crippen molar-refractivity contribution in [2.45, 2.75) is 6.04 Å². The zero-order chi connectivity index (χ0) is 10.8. The smallest absolute Gasteiger partial charge is 0.130 e. The summed E-state index contributed by atoms with van der Waals surface area (Å²) >= 11 is 0. The van der Waals surface area contributed by atoms with Crippen molar-refractivity contribution in [3.63, 3.8) is 0 Å². The number of hydrogen-bond donors (Lipinski definition) is 2. The molecule has 0 amide bonds. The molecule has 0 spiro atoms. The summed E-state index contributed by atoms with van der Waals surface area (Å²) in [6.45, 7) is 0. The minimum Gasteiger partial charge on any atom is -0.506 e. The van der Waals surface area contributed by atoms with Crippen LogP contribution in [0.3, 0.4) is 0 Å². The molecule has 0 aliphatic carbocycles. The Morgan fingerprint density at radius 2 is 2.07 bits per heavy atom. The third-order valence-electron chi connectivity index (χ3n) is 2.16. The molecule has 0 bridgehead atoms. The Bertz CT molecular complexity index is 440. The quantitative estimate of drug-likeness (QED) is 0.745. The minimum absolute atomic E-state index is 0.0584. The third kappa shape index (κ3) is 1.98. The Morgan fingerprint density at radius 3 is 2.73 bits per heavy atom. The highest BCUT2D eigenvalue weighted by Crippen LogP contribution is 2.22. The van der Waals surface area contributed by atoms with E-state index in [0.717, 1.165) is 18.2 Å². The van der Waals surface area contributed by atoms with Gasteiger partial charge in [-0.25, -0.2) is 8.78 Å². The largest absolute Gasteiger partial charge is 0.506 e. The summed E-state index contributed by atoms with van der Waals surface area (Å²) in [7, 11) is 0. The maximum atomic E-state index is 13.3. The molecule has 0 saturated heterocycles. The van der Waals surface area contributed by atoms with Crippen LogP contribution in [0.5, 0.6) is 0 Å². The van der Waals surface area contributed by atoms with Crippen LogP contribution in [0.2, 0.25) is 0 Å². The molecule has 78 valence electrons. The molecule has 1 aliphatic rings. The summed E-state index contributed by atoms with van der Waals surface area (Å²) in [6.07, 6.45) is 4.34. The Morgan fingerprint density at radius 1 is 1.27 bits per heavy atom. The van der Waals surface area contributed by atoms with Crippen molar-refractivity contribution in [3.05, 3.63) is 59.5 Å². The highest BCUT2D eigenvalue weighted by molar-refractivity contribution is 5.30. The average molecular weight is 209 g/mol. The molecule has 1 heterocycles. The number of aliphatic hydroxyl groups is 1. The maximum absolute atomic E-state index is 13.3. The van der Waals surface area contributed by atoms with E-state index in [4.69, 9.17) is 5.11 Å². The first-order valence-electron chi connectivity index (χ1n) is 4.45. The number of hydrogen-bond acceptors (Lipinski definition) is 2. The number of benzene rings is 1. The van der Waals surface area contributed by atoms with Crippen molar-refractivity contribution < 1.29 is 13.9 Å². The van der Waals surface area contributed by atoms with Gasteiger partial charge < -0.3 is 10.4 Å². The second kappa shape index (κ2) is 3.73. The van der Waals surface area contributed by atoms with E-state index in [1.54, 1.807) is 6.08 Å². The van der Waals surface area contributed by atoms with Gasteiger partial charge in [-0.1, -0.05) is 6.08 Å². The van der Waals surface area contributed by atoms with Gasteiger partial charge >= 0.3 is 0 Å². The molecule has 2 nitrogen and oxygen atoms in total. The molecule has 1 aliphatic heterocycles.